The molecular formula is C11H14F3NO3S. The predicted octanol–water partition coefficient (Wildman–Crippen LogP) is 1.61. The number of thioether (sulfide) groups is 1. The van der Waals surface area contributed by atoms with E-state index in [2.05, 4.69) is 0 Å². The van der Waals surface area contributed by atoms with E-state index in [0.29, 0.717) is 12.2 Å². The lowest BCUT2D eigenvalue weighted by atomic mass is 9.86. The van der Waals surface area contributed by atoms with Gasteiger partial charge in [-0.25, -0.2) is 0 Å². The van der Waals surface area contributed by atoms with Gasteiger partial charge < -0.3 is 10.0 Å². The number of hydrogen-bond acceptors (Lipinski definition) is 3. The van der Waals surface area contributed by atoms with Crippen LogP contribution in [0.4, 0.5) is 13.2 Å². The Morgan fingerprint density at radius 2 is 2.05 bits per heavy atom. The summed E-state index contributed by atoms with van der Waals surface area (Å²) in [5, 5.41) is 8.90. The Morgan fingerprint density at radius 1 is 1.37 bits per heavy atom. The molecule has 2 heterocycles. The number of carboxylic acids is 1. The average Bonchev–Trinajstić information content (AvgIpc) is 2.97. The average molecular weight is 297 g/mol. The topological polar surface area (TPSA) is 57.6 Å². The van der Waals surface area contributed by atoms with Gasteiger partial charge in [0, 0.05) is 24.8 Å². The van der Waals surface area contributed by atoms with Crippen molar-refractivity contribution in [3.8, 4) is 0 Å². The van der Waals surface area contributed by atoms with E-state index in [4.69, 9.17) is 5.11 Å². The first kappa shape index (κ1) is 14.5. The largest absolute Gasteiger partial charge is 0.481 e. The monoisotopic (exact) mass is 297 g/mol. The molecule has 2 rings (SSSR count). The van der Waals surface area contributed by atoms with Crippen LogP contribution in [0, 0.1) is 11.3 Å². The van der Waals surface area contributed by atoms with Gasteiger partial charge in [0.05, 0.1) is 0 Å². The quantitative estimate of drug-likeness (QED) is 0.841. The summed E-state index contributed by atoms with van der Waals surface area (Å²) in [4.78, 5) is 24.1. The minimum Gasteiger partial charge on any atom is -0.481 e. The van der Waals surface area contributed by atoms with Gasteiger partial charge in [0.15, 0.2) is 5.41 Å². The zero-order valence-electron chi connectivity index (χ0n) is 10.1. The van der Waals surface area contributed by atoms with Gasteiger partial charge in [-0.05, 0) is 18.6 Å². The number of halogens is 3. The summed E-state index contributed by atoms with van der Waals surface area (Å²) < 4.78 is 38.9. The summed E-state index contributed by atoms with van der Waals surface area (Å²) in [5.74, 6) is -1.05. The highest BCUT2D eigenvalue weighted by molar-refractivity contribution is 7.99. The lowest BCUT2D eigenvalue weighted by Crippen LogP contribution is -2.48. The predicted molar refractivity (Wildman–Crippen MR) is 62.8 cm³/mol. The summed E-state index contributed by atoms with van der Waals surface area (Å²) in [6.45, 7) is -0.891. The fraction of sp³-hybridized carbons (Fsp3) is 0.818. The number of rotatable bonds is 2. The second-order valence-corrected chi connectivity index (χ2v) is 6.11. The maximum Gasteiger partial charge on any atom is 0.406 e. The third kappa shape index (κ3) is 2.42. The van der Waals surface area contributed by atoms with E-state index in [1.165, 1.54) is 0 Å². The molecule has 2 unspecified atom stereocenters. The van der Waals surface area contributed by atoms with Crippen molar-refractivity contribution < 1.29 is 27.9 Å². The van der Waals surface area contributed by atoms with E-state index >= 15 is 0 Å². The summed E-state index contributed by atoms with van der Waals surface area (Å²) in [6.07, 6.45) is -4.73. The Kier molecular flexibility index (Phi) is 3.72. The van der Waals surface area contributed by atoms with Crippen molar-refractivity contribution in [1.82, 2.24) is 4.90 Å². The molecule has 1 N–H and O–H groups in total. The zero-order chi connectivity index (χ0) is 14.3. The van der Waals surface area contributed by atoms with Gasteiger partial charge in [-0.3, -0.25) is 9.59 Å². The van der Waals surface area contributed by atoms with Gasteiger partial charge in [-0.15, -0.1) is 0 Å². The van der Waals surface area contributed by atoms with Crippen molar-refractivity contribution in [2.75, 3.05) is 24.6 Å². The first-order valence-electron chi connectivity index (χ1n) is 5.94. The van der Waals surface area contributed by atoms with E-state index in [9.17, 15) is 22.8 Å². The maximum absolute atomic E-state index is 13.0. The molecule has 2 aliphatic heterocycles. The van der Waals surface area contributed by atoms with Crippen molar-refractivity contribution in [1.29, 1.82) is 0 Å². The lowest BCUT2D eigenvalue weighted by Gasteiger charge is -2.27. The molecule has 0 aromatic rings. The molecule has 2 aliphatic rings. The highest BCUT2D eigenvalue weighted by Crippen LogP contribution is 2.46. The molecule has 19 heavy (non-hydrogen) atoms. The fourth-order valence-corrected chi connectivity index (χ4v) is 3.72. The van der Waals surface area contributed by atoms with Crippen LogP contribution in [0.1, 0.15) is 12.8 Å². The Morgan fingerprint density at radius 3 is 2.47 bits per heavy atom. The fourth-order valence-electron chi connectivity index (χ4n) is 2.51. The summed E-state index contributed by atoms with van der Waals surface area (Å²) >= 11 is 1.59. The zero-order valence-corrected chi connectivity index (χ0v) is 10.9. The van der Waals surface area contributed by atoms with Crippen LogP contribution in [0.3, 0.4) is 0 Å². The minimum atomic E-state index is -4.84. The van der Waals surface area contributed by atoms with Crippen molar-refractivity contribution in [3.63, 3.8) is 0 Å². The highest BCUT2D eigenvalue weighted by Gasteiger charge is 2.64. The highest BCUT2D eigenvalue weighted by atomic mass is 32.2. The molecule has 1 amide bonds. The van der Waals surface area contributed by atoms with Gasteiger partial charge in [0.2, 0.25) is 5.91 Å². The van der Waals surface area contributed by atoms with Crippen LogP contribution in [0.5, 0.6) is 0 Å². The van der Waals surface area contributed by atoms with E-state index in [1.807, 2.05) is 0 Å². The second kappa shape index (κ2) is 4.88. The van der Waals surface area contributed by atoms with Crippen LogP contribution in [-0.4, -0.2) is 52.7 Å². The van der Waals surface area contributed by atoms with Crippen molar-refractivity contribution in [2.45, 2.75) is 19.0 Å². The van der Waals surface area contributed by atoms with Crippen LogP contribution in [0.25, 0.3) is 0 Å². The molecule has 0 aliphatic carbocycles. The molecule has 0 aromatic carbocycles. The Balaban J connectivity index is 2.13. The number of nitrogens with zero attached hydrogens (tertiary/aromatic N) is 1. The Labute approximate surface area is 112 Å². The van der Waals surface area contributed by atoms with Crippen molar-refractivity contribution >= 4 is 23.6 Å². The molecule has 0 aromatic heterocycles. The first-order chi connectivity index (χ1) is 8.78. The number of likely N-dealkylation sites (tertiary alicyclic amines) is 1. The standard InChI is InChI=1S/C11H14F3NO3S/c12-11(13,14)10(9(17)18)2-3-15(6-10)8(16)7-1-4-19-5-7/h7H,1-6H2,(H,17,18). The number of carbonyl (C=O) groups is 2. The van der Waals surface area contributed by atoms with E-state index in [-0.39, 0.29) is 18.4 Å². The number of alkyl halides is 3. The smallest absolute Gasteiger partial charge is 0.406 e. The molecule has 8 heteroatoms. The Hall–Kier alpha value is -0.920. The van der Waals surface area contributed by atoms with Crippen molar-refractivity contribution in [2.24, 2.45) is 11.3 Å². The third-order valence-corrected chi connectivity index (χ3v) is 4.97. The van der Waals surface area contributed by atoms with Gasteiger partial charge >= 0.3 is 12.1 Å². The lowest BCUT2D eigenvalue weighted by molar-refractivity contribution is -0.227. The van der Waals surface area contributed by atoms with Crippen LogP contribution >= 0.6 is 11.8 Å². The first-order valence-corrected chi connectivity index (χ1v) is 7.10. The van der Waals surface area contributed by atoms with Gasteiger partial charge in [0.25, 0.3) is 0 Å². The molecule has 2 fully saturated rings. The molecule has 2 saturated heterocycles. The molecule has 2 atom stereocenters. The van der Waals surface area contributed by atoms with Crippen molar-refractivity contribution in [3.05, 3.63) is 0 Å². The molecular weight excluding hydrogens is 283 g/mol. The number of hydrogen-bond donors (Lipinski definition) is 1. The third-order valence-electron chi connectivity index (χ3n) is 3.81. The van der Waals surface area contributed by atoms with Crippen LogP contribution in [0.15, 0.2) is 0 Å². The number of aliphatic carboxylic acids is 1. The summed E-state index contributed by atoms with van der Waals surface area (Å²) in [5.41, 5.74) is -2.80. The van der Waals surface area contributed by atoms with Crippen LogP contribution < -0.4 is 0 Å². The second-order valence-electron chi connectivity index (χ2n) is 4.96. The molecule has 0 bridgehead atoms. The normalized spacial score (nSPS) is 31.7. The van der Waals surface area contributed by atoms with Gasteiger partial charge in [-0.2, -0.15) is 24.9 Å². The molecule has 0 saturated carbocycles. The van der Waals surface area contributed by atoms with E-state index < -0.39 is 30.5 Å². The molecule has 0 spiro atoms. The van der Waals surface area contributed by atoms with Crippen LogP contribution in [-0.2, 0) is 9.59 Å². The molecule has 4 nitrogen and oxygen atoms in total. The number of amides is 1. The van der Waals surface area contributed by atoms with Gasteiger partial charge in [-0.1, -0.05) is 0 Å². The number of carbonyl (C=O) groups excluding carboxylic acids is 1. The molecule has 0 radical (unpaired) electrons. The summed E-state index contributed by atoms with van der Waals surface area (Å²) in [7, 11) is 0. The van der Waals surface area contributed by atoms with E-state index in [0.717, 1.165) is 10.7 Å². The molecule has 108 valence electrons. The maximum atomic E-state index is 13.0. The summed E-state index contributed by atoms with van der Waals surface area (Å²) in [6, 6.07) is 0. The SMILES string of the molecule is O=C(C1CCSC1)N1CCC(C(=O)O)(C(F)(F)F)C1. The van der Waals surface area contributed by atoms with E-state index in [1.54, 1.807) is 11.8 Å². The number of carboxylic acid groups (broad SMARTS) is 1. The van der Waals surface area contributed by atoms with Gasteiger partial charge in [0.1, 0.15) is 0 Å². The minimum absolute atomic E-state index is 0.133. The Bertz CT molecular complexity index is 395. The van der Waals surface area contributed by atoms with Crippen LogP contribution in [0.2, 0.25) is 0 Å².